The highest BCUT2D eigenvalue weighted by molar-refractivity contribution is 5.89. The van der Waals surface area contributed by atoms with E-state index in [2.05, 4.69) is 20.6 Å². The highest BCUT2D eigenvalue weighted by Gasteiger charge is 2.10. The van der Waals surface area contributed by atoms with Crippen LogP contribution >= 0.6 is 0 Å². The number of aryl methyl sites for hydroxylation is 1. The van der Waals surface area contributed by atoms with Crippen LogP contribution in [0.2, 0.25) is 0 Å². The second-order valence-corrected chi connectivity index (χ2v) is 4.16. The number of rotatable bonds is 3. The van der Waals surface area contributed by atoms with Gasteiger partial charge in [0.25, 0.3) is 0 Å². The number of urea groups is 1. The first-order valence-electron chi connectivity index (χ1n) is 5.78. The fourth-order valence-corrected chi connectivity index (χ4v) is 1.58. The maximum Gasteiger partial charge on any atom is 0.319 e. The van der Waals surface area contributed by atoms with Gasteiger partial charge in [-0.2, -0.15) is 0 Å². The van der Waals surface area contributed by atoms with Gasteiger partial charge in [0.1, 0.15) is 5.82 Å². The third-order valence-electron chi connectivity index (χ3n) is 2.59. The van der Waals surface area contributed by atoms with Gasteiger partial charge in [-0.3, -0.25) is 0 Å². The predicted octanol–water partition coefficient (Wildman–Crippen LogP) is 2.60. The second kappa shape index (κ2) is 5.35. The Morgan fingerprint density at radius 3 is 2.67 bits per heavy atom. The molecule has 1 atom stereocenters. The Labute approximate surface area is 106 Å². The van der Waals surface area contributed by atoms with Crippen LogP contribution in [-0.4, -0.2) is 16.0 Å². The number of aromatic nitrogens is 2. The van der Waals surface area contributed by atoms with Crippen molar-refractivity contribution in [3.63, 3.8) is 0 Å². The van der Waals surface area contributed by atoms with E-state index in [1.165, 1.54) is 0 Å². The molecule has 1 aromatic heterocycles. The monoisotopic (exact) mass is 244 g/mol. The van der Waals surface area contributed by atoms with Gasteiger partial charge in [-0.05, 0) is 26.0 Å². The van der Waals surface area contributed by atoms with E-state index in [9.17, 15) is 4.79 Å². The molecule has 0 saturated carbocycles. The lowest BCUT2D eigenvalue weighted by Crippen LogP contribution is -2.31. The van der Waals surface area contributed by atoms with Crippen molar-refractivity contribution in [1.82, 2.24) is 15.3 Å². The van der Waals surface area contributed by atoms with Crippen molar-refractivity contribution in [2.24, 2.45) is 0 Å². The van der Waals surface area contributed by atoms with Crippen molar-refractivity contribution in [1.29, 1.82) is 0 Å². The number of aromatic amines is 1. The first kappa shape index (κ1) is 12.2. The minimum Gasteiger partial charge on any atom is -0.347 e. The number of H-pyrrole nitrogens is 1. The third kappa shape index (κ3) is 3.10. The van der Waals surface area contributed by atoms with E-state index in [1.807, 2.05) is 38.1 Å². The zero-order valence-corrected chi connectivity index (χ0v) is 10.4. The van der Waals surface area contributed by atoms with E-state index in [0.29, 0.717) is 0 Å². The van der Waals surface area contributed by atoms with Crippen molar-refractivity contribution in [3.05, 3.63) is 48.0 Å². The van der Waals surface area contributed by atoms with E-state index in [1.54, 1.807) is 12.4 Å². The van der Waals surface area contributed by atoms with Crippen LogP contribution in [0.25, 0.3) is 0 Å². The van der Waals surface area contributed by atoms with E-state index in [-0.39, 0.29) is 12.1 Å². The lowest BCUT2D eigenvalue weighted by Gasteiger charge is -2.12. The highest BCUT2D eigenvalue weighted by atomic mass is 16.2. The van der Waals surface area contributed by atoms with Gasteiger partial charge in [0.05, 0.1) is 6.04 Å². The lowest BCUT2D eigenvalue weighted by molar-refractivity contribution is 0.249. The summed E-state index contributed by atoms with van der Waals surface area (Å²) in [6.07, 6.45) is 3.39. The van der Waals surface area contributed by atoms with Gasteiger partial charge < -0.3 is 15.6 Å². The molecule has 1 unspecified atom stereocenters. The molecule has 2 amide bonds. The van der Waals surface area contributed by atoms with Crippen LogP contribution in [0.5, 0.6) is 0 Å². The molecule has 0 saturated heterocycles. The molecule has 2 rings (SSSR count). The Morgan fingerprint density at radius 1 is 1.33 bits per heavy atom. The normalized spacial score (nSPS) is 11.9. The van der Waals surface area contributed by atoms with Gasteiger partial charge in [0.2, 0.25) is 0 Å². The molecular formula is C13H16N4O. The first-order valence-corrected chi connectivity index (χ1v) is 5.78. The summed E-state index contributed by atoms with van der Waals surface area (Å²) in [5, 5.41) is 5.57. The molecule has 0 bridgehead atoms. The lowest BCUT2D eigenvalue weighted by atomic mass is 10.2. The Balaban J connectivity index is 1.91. The van der Waals surface area contributed by atoms with Gasteiger partial charge in [-0.25, -0.2) is 9.78 Å². The molecule has 94 valence electrons. The van der Waals surface area contributed by atoms with Crippen LogP contribution in [0.4, 0.5) is 10.5 Å². The smallest absolute Gasteiger partial charge is 0.319 e. The fourth-order valence-electron chi connectivity index (χ4n) is 1.58. The molecular weight excluding hydrogens is 228 g/mol. The molecule has 0 fully saturated rings. The summed E-state index contributed by atoms with van der Waals surface area (Å²) >= 11 is 0. The molecule has 0 aliphatic carbocycles. The Kier molecular flexibility index (Phi) is 3.62. The van der Waals surface area contributed by atoms with Gasteiger partial charge in [-0.15, -0.1) is 0 Å². The van der Waals surface area contributed by atoms with Gasteiger partial charge in [0.15, 0.2) is 0 Å². The molecule has 5 nitrogen and oxygen atoms in total. The van der Waals surface area contributed by atoms with Crippen molar-refractivity contribution in [2.75, 3.05) is 5.32 Å². The van der Waals surface area contributed by atoms with Crippen molar-refractivity contribution >= 4 is 11.7 Å². The van der Waals surface area contributed by atoms with E-state index in [0.717, 1.165) is 17.1 Å². The summed E-state index contributed by atoms with van der Waals surface area (Å²) in [5.41, 5.74) is 1.93. The van der Waals surface area contributed by atoms with Crippen molar-refractivity contribution in [3.8, 4) is 0 Å². The molecule has 0 spiro atoms. The number of anilines is 1. The summed E-state index contributed by atoms with van der Waals surface area (Å²) < 4.78 is 0. The molecule has 5 heteroatoms. The molecule has 2 aromatic rings. The van der Waals surface area contributed by atoms with E-state index < -0.39 is 0 Å². The minimum atomic E-state index is -0.247. The number of hydrogen-bond acceptors (Lipinski definition) is 2. The molecule has 1 aromatic carbocycles. The number of nitrogens with zero attached hydrogens (tertiary/aromatic N) is 1. The number of carbonyl (C=O) groups is 1. The van der Waals surface area contributed by atoms with Gasteiger partial charge in [0, 0.05) is 18.1 Å². The Hall–Kier alpha value is -2.30. The average Bonchev–Trinajstić information content (AvgIpc) is 2.85. The maximum absolute atomic E-state index is 11.7. The summed E-state index contributed by atoms with van der Waals surface area (Å²) in [4.78, 5) is 18.8. The Morgan fingerprint density at radius 2 is 2.06 bits per heavy atom. The number of amides is 2. The van der Waals surface area contributed by atoms with Crippen molar-refractivity contribution in [2.45, 2.75) is 19.9 Å². The van der Waals surface area contributed by atoms with E-state index in [4.69, 9.17) is 0 Å². The average molecular weight is 244 g/mol. The first-order chi connectivity index (χ1) is 8.65. The number of carbonyl (C=O) groups excluding carboxylic acids is 1. The second-order valence-electron chi connectivity index (χ2n) is 4.16. The predicted molar refractivity (Wildman–Crippen MR) is 70.3 cm³/mol. The van der Waals surface area contributed by atoms with Gasteiger partial charge in [-0.1, -0.05) is 17.7 Å². The summed E-state index contributed by atoms with van der Waals surface area (Å²) in [7, 11) is 0. The number of benzene rings is 1. The number of nitrogens with one attached hydrogen (secondary N) is 3. The number of imidazole rings is 1. The van der Waals surface area contributed by atoms with Crippen LogP contribution in [0, 0.1) is 6.92 Å². The van der Waals surface area contributed by atoms with Crippen LogP contribution in [-0.2, 0) is 0 Å². The van der Waals surface area contributed by atoms with Crippen LogP contribution in [0.1, 0.15) is 24.4 Å². The third-order valence-corrected chi connectivity index (χ3v) is 2.59. The van der Waals surface area contributed by atoms with E-state index >= 15 is 0 Å². The molecule has 0 radical (unpaired) electrons. The standard InChI is InChI=1S/C13H16N4O/c1-9-3-5-11(6-4-9)17-13(18)16-10(2)12-14-7-8-15-12/h3-8,10H,1-2H3,(H,14,15)(H2,16,17,18). The Bertz CT molecular complexity index is 504. The zero-order valence-electron chi connectivity index (χ0n) is 10.4. The summed E-state index contributed by atoms with van der Waals surface area (Å²) in [5.74, 6) is 0.731. The summed E-state index contributed by atoms with van der Waals surface area (Å²) in [6, 6.07) is 7.23. The maximum atomic E-state index is 11.7. The quantitative estimate of drug-likeness (QED) is 0.776. The zero-order chi connectivity index (χ0) is 13.0. The molecule has 0 aliphatic heterocycles. The fraction of sp³-hybridized carbons (Fsp3) is 0.231. The highest BCUT2D eigenvalue weighted by Crippen LogP contribution is 2.10. The van der Waals surface area contributed by atoms with Crippen LogP contribution in [0.15, 0.2) is 36.7 Å². The van der Waals surface area contributed by atoms with Gasteiger partial charge >= 0.3 is 6.03 Å². The largest absolute Gasteiger partial charge is 0.347 e. The number of hydrogen-bond donors (Lipinski definition) is 3. The SMILES string of the molecule is Cc1ccc(NC(=O)NC(C)c2ncc[nH]2)cc1. The minimum absolute atomic E-state index is 0.162. The molecule has 0 aliphatic rings. The molecule has 3 N–H and O–H groups in total. The molecule has 1 heterocycles. The van der Waals surface area contributed by atoms with Crippen LogP contribution in [0.3, 0.4) is 0 Å². The van der Waals surface area contributed by atoms with Crippen LogP contribution < -0.4 is 10.6 Å². The summed E-state index contributed by atoms with van der Waals surface area (Å²) in [6.45, 7) is 3.87. The topological polar surface area (TPSA) is 69.8 Å². The molecule has 18 heavy (non-hydrogen) atoms. The van der Waals surface area contributed by atoms with Crippen molar-refractivity contribution < 1.29 is 4.79 Å².